The first-order valence-corrected chi connectivity index (χ1v) is 5.24. The lowest BCUT2D eigenvalue weighted by molar-refractivity contribution is 0.339. The summed E-state index contributed by atoms with van der Waals surface area (Å²) in [6.07, 6.45) is 4.98. The topological polar surface area (TPSA) is 47.9 Å². The number of nitrogens with zero attached hydrogens (tertiary/aromatic N) is 3. The molecule has 0 atom stereocenters. The summed E-state index contributed by atoms with van der Waals surface area (Å²) in [4.78, 5) is 12.0. The van der Waals surface area contributed by atoms with E-state index >= 15 is 0 Å². The second-order valence-electron chi connectivity index (χ2n) is 3.05. The zero-order valence-electron chi connectivity index (χ0n) is 8.72. The Bertz CT molecular complexity index is 490. The van der Waals surface area contributed by atoms with Crippen molar-refractivity contribution in [1.29, 1.82) is 0 Å². The molecule has 0 amide bonds. The van der Waals surface area contributed by atoms with Crippen LogP contribution in [0.25, 0.3) is 11.3 Å². The van der Waals surface area contributed by atoms with Crippen molar-refractivity contribution in [3.63, 3.8) is 0 Å². The molecule has 0 aromatic carbocycles. The molecule has 2 aromatic heterocycles. The van der Waals surface area contributed by atoms with Crippen molar-refractivity contribution in [2.75, 3.05) is 6.61 Å². The molecule has 2 rings (SSSR count). The average molecular weight is 236 g/mol. The van der Waals surface area contributed by atoms with Crippen LogP contribution < -0.4 is 4.74 Å². The Balaban J connectivity index is 2.36. The zero-order chi connectivity index (χ0) is 11.4. The van der Waals surface area contributed by atoms with E-state index in [1.807, 2.05) is 13.0 Å². The third-order valence-electron chi connectivity index (χ3n) is 1.95. The number of pyridine rings is 1. The minimum absolute atomic E-state index is 0.222. The fraction of sp³-hybridized carbons (Fsp3) is 0.182. The molecule has 16 heavy (non-hydrogen) atoms. The number of rotatable bonds is 3. The number of hydrogen-bond acceptors (Lipinski definition) is 4. The molecule has 82 valence electrons. The van der Waals surface area contributed by atoms with Crippen LogP contribution >= 0.6 is 11.6 Å². The number of halogens is 1. The van der Waals surface area contributed by atoms with Gasteiger partial charge in [-0.05, 0) is 30.7 Å². The maximum Gasteiger partial charge on any atom is 0.222 e. The molecule has 0 unspecified atom stereocenters. The van der Waals surface area contributed by atoms with Gasteiger partial charge in [0.05, 0.1) is 18.5 Å². The van der Waals surface area contributed by atoms with Gasteiger partial charge in [-0.25, -0.2) is 9.97 Å². The fourth-order valence-electron chi connectivity index (χ4n) is 1.30. The van der Waals surface area contributed by atoms with Gasteiger partial charge in [0.25, 0.3) is 0 Å². The summed E-state index contributed by atoms with van der Waals surface area (Å²) >= 11 is 5.72. The predicted octanol–water partition coefficient (Wildman–Crippen LogP) is 2.59. The zero-order valence-corrected chi connectivity index (χ0v) is 9.48. The molecule has 0 spiro atoms. The summed E-state index contributed by atoms with van der Waals surface area (Å²) in [5.74, 6) is 0.717. The summed E-state index contributed by atoms with van der Waals surface area (Å²) in [5.41, 5.74) is 1.59. The van der Waals surface area contributed by atoms with Gasteiger partial charge < -0.3 is 4.74 Å². The highest BCUT2D eigenvalue weighted by atomic mass is 35.5. The molecule has 5 heteroatoms. The van der Waals surface area contributed by atoms with E-state index < -0.39 is 0 Å². The molecule has 4 nitrogen and oxygen atoms in total. The maximum absolute atomic E-state index is 5.72. The Kier molecular flexibility index (Phi) is 3.31. The molecule has 0 aliphatic carbocycles. The molecular weight excluding hydrogens is 226 g/mol. The lowest BCUT2D eigenvalue weighted by Crippen LogP contribution is -1.93. The lowest BCUT2D eigenvalue weighted by atomic mass is 10.2. The first kappa shape index (κ1) is 10.8. The highest BCUT2D eigenvalue weighted by molar-refractivity contribution is 6.28. The first-order valence-electron chi connectivity index (χ1n) is 4.86. The molecule has 0 N–H and O–H groups in total. The van der Waals surface area contributed by atoms with Gasteiger partial charge in [0, 0.05) is 18.0 Å². The summed E-state index contributed by atoms with van der Waals surface area (Å²) in [6, 6.07) is 3.65. The van der Waals surface area contributed by atoms with Gasteiger partial charge >= 0.3 is 0 Å². The van der Waals surface area contributed by atoms with E-state index in [1.165, 1.54) is 0 Å². The van der Waals surface area contributed by atoms with Gasteiger partial charge in [0.1, 0.15) is 5.75 Å². The van der Waals surface area contributed by atoms with Crippen LogP contribution in [-0.4, -0.2) is 21.6 Å². The van der Waals surface area contributed by atoms with Crippen LogP contribution in [0.4, 0.5) is 0 Å². The van der Waals surface area contributed by atoms with Crippen molar-refractivity contribution < 1.29 is 4.74 Å². The minimum Gasteiger partial charge on any atom is -0.492 e. The van der Waals surface area contributed by atoms with Crippen molar-refractivity contribution in [3.8, 4) is 17.0 Å². The predicted molar refractivity (Wildman–Crippen MR) is 61.4 cm³/mol. The van der Waals surface area contributed by atoms with Gasteiger partial charge in [-0.2, -0.15) is 0 Å². The Morgan fingerprint density at radius 2 is 2.25 bits per heavy atom. The minimum atomic E-state index is 0.222. The molecule has 2 aromatic rings. The summed E-state index contributed by atoms with van der Waals surface area (Å²) in [7, 11) is 0. The van der Waals surface area contributed by atoms with Crippen LogP contribution in [0.1, 0.15) is 6.92 Å². The Hall–Kier alpha value is -1.68. The summed E-state index contributed by atoms with van der Waals surface area (Å²) in [6.45, 7) is 2.53. The van der Waals surface area contributed by atoms with Crippen molar-refractivity contribution in [3.05, 3.63) is 36.0 Å². The molecule has 0 aliphatic rings. The quantitative estimate of drug-likeness (QED) is 0.768. The molecule has 0 radical (unpaired) electrons. The fourth-order valence-corrected chi connectivity index (χ4v) is 1.45. The Labute approximate surface area is 98.3 Å². The highest BCUT2D eigenvalue weighted by Crippen LogP contribution is 2.21. The SMILES string of the molecule is CCOc1cncc(-c2ccnc(Cl)n2)c1. The van der Waals surface area contributed by atoms with E-state index in [4.69, 9.17) is 16.3 Å². The average Bonchev–Trinajstić information content (AvgIpc) is 2.30. The van der Waals surface area contributed by atoms with Crippen molar-refractivity contribution >= 4 is 11.6 Å². The van der Waals surface area contributed by atoms with Crippen LogP contribution in [0.15, 0.2) is 30.7 Å². The van der Waals surface area contributed by atoms with Gasteiger partial charge in [0.15, 0.2) is 0 Å². The van der Waals surface area contributed by atoms with Gasteiger partial charge in [-0.15, -0.1) is 0 Å². The maximum atomic E-state index is 5.72. The number of ether oxygens (including phenoxy) is 1. The normalized spacial score (nSPS) is 10.1. The van der Waals surface area contributed by atoms with Gasteiger partial charge in [-0.1, -0.05) is 0 Å². The van der Waals surface area contributed by atoms with Crippen molar-refractivity contribution in [2.45, 2.75) is 6.92 Å². The number of hydrogen-bond donors (Lipinski definition) is 0. The van der Waals surface area contributed by atoms with E-state index in [-0.39, 0.29) is 5.28 Å². The summed E-state index contributed by atoms with van der Waals surface area (Å²) < 4.78 is 5.36. The molecule has 0 saturated heterocycles. The van der Waals surface area contributed by atoms with E-state index in [1.54, 1.807) is 24.7 Å². The van der Waals surface area contributed by atoms with Crippen LogP contribution in [0.5, 0.6) is 5.75 Å². The third-order valence-corrected chi connectivity index (χ3v) is 2.13. The smallest absolute Gasteiger partial charge is 0.222 e. The standard InChI is InChI=1S/C11H10ClN3O/c1-2-16-9-5-8(6-13-7-9)10-3-4-14-11(12)15-10/h3-7H,2H2,1H3. The molecule has 0 bridgehead atoms. The van der Waals surface area contributed by atoms with Gasteiger partial charge in [0.2, 0.25) is 5.28 Å². The Morgan fingerprint density at radius 3 is 3.00 bits per heavy atom. The van der Waals surface area contributed by atoms with Crippen LogP contribution in [0.3, 0.4) is 0 Å². The lowest BCUT2D eigenvalue weighted by Gasteiger charge is -2.04. The van der Waals surface area contributed by atoms with E-state index in [0.717, 1.165) is 17.0 Å². The molecule has 0 fully saturated rings. The number of aromatic nitrogens is 3. The van der Waals surface area contributed by atoms with Crippen LogP contribution in [0, 0.1) is 0 Å². The van der Waals surface area contributed by atoms with Crippen molar-refractivity contribution in [1.82, 2.24) is 15.0 Å². The largest absolute Gasteiger partial charge is 0.492 e. The first-order chi connectivity index (χ1) is 7.79. The molecular formula is C11H10ClN3O. The van der Waals surface area contributed by atoms with E-state index in [0.29, 0.717) is 6.61 Å². The van der Waals surface area contributed by atoms with Crippen molar-refractivity contribution in [2.24, 2.45) is 0 Å². The molecule has 0 saturated carbocycles. The Morgan fingerprint density at radius 1 is 1.38 bits per heavy atom. The van der Waals surface area contributed by atoms with E-state index in [9.17, 15) is 0 Å². The van der Waals surface area contributed by atoms with Crippen LogP contribution in [-0.2, 0) is 0 Å². The van der Waals surface area contributed by atoms with Crippen LogP contribution in [0.2, 0.25) is 5.28 Å². The molecule has 0 aliphatic heterocycles. The second-order valence-corrected chi connectivity index (χ2v) is 3.39. The van der Waals surface area contributed by atoms with Gasteiger partial charge in [-0.3, -0.25) is 4.98 Å². The monoisotopic (exact) mass is 235 g/mol. The molecule has 2 heterocycles. The summed E-state index contributed by atoms with van der Waals surface area (Å²) in [5, 5.41) is 0.222. The second kappa shape index (κ2) is 4.90. The highest BCUT2D eigenvalue weighted by Gasteiger charge is 2.03. The van der Waals surface area contributed by atoms with E-state index in [2.05, 4.69) is 15.0 Å². The third kappa shape index (κ3) is 2.46.